The van der Waals surface area contributed by atoms with Crippen molar-refractivity contribution in [1.82, 2.24) is 10.2 Å². The number of aromatic hydroxyl groups is 1. The van der Waals surface area contributed by atoms with Crippen LogP contribution in [0.4, 0.5) is 5.69 Å². The van der Waals surface area contributed by atoms with Crippen LogP contribution in [-0.4, -0.2) is 55.2 Å². The van der Waals surface area contributed by atoms with Crippen LogP contribution in [-0.2, 0) is 0 Å². The molecule has 7 heteroatoms. The molecule has 4 rings (SSSR count). The number of para-hydroxylation sites is 1. The van der Waals surface area contributed by atoms with Crippen LogP contribution < -0.4 is 10.2 Å². The first-order valence-corrected chi connectivity index (χ1v) is 14.5. The molecular weight excluding hydrogens is 496 g/mol. The zero-order valence-electron chi connectivity index (χ0n) is 22.5. The number of amides is 1. The van der Waals surface area contributed by atoms with Gasteiger partial charge in [0.2, 0.25) is 0 Å². The van der Waals surface area contributed by atoms with Gasteiger partial charge in [0, 0.05) is 49.4 Å². The summed E-state index contributed by atoms with van der Waals surface area (Å²) in [6.07, 6.45) is 7.53. The molecule has 38 heavy (non-hydrogen) atoms. The van der Waals surface area contributed by atoms with E-state index in [0.29, 0.717) is 18.0 Å². The lowest BCUT2D eigenvalue weighted by Gasteiger charge is -2.38. The maximum Gasteiger partial charge on any atom is 0.255 e. The van der Waals surface area contributed by atoms with Crippen molar-refractivity contribution in [1.29, 1.82) is 5.26 Å². The number of nitrogens with one attached hydrogen (secondary N) is 1. The normalized spacial score (nSPS) is 21.0. The van der Waals surface area contributed by atoms with Crippen molar-refractivity contribution >= 4 is 23.2 Å². The van der Waals surface area contributed by atoms with Gasteiger partial charge in [0.25, 0.3) is 5.91 Å². The van der Waals surface area contributed by atoms with Crippen LogP contribution in [0.2, 0.25) is 5.02 Å². The van der Waals surface area contributed by atoms with Crippen molar-refractivity contribution in [2.45, 2.75) is 51.9 Å². The predicted molar refractivity (Wildman–Crippen MR) is 154 cm³/mol. The first-order valence-electron chi connectivity index (χ1n) is 14.1. The van der Waals surface area contributed by atoms with Crippen molar-refractivity contribution in [2.24, 2.45) is 17.8 Å². The SMILES string of the molecule is Cc1ccc(Cl)cc1N1CCN(CCC2CCC(C(C#N)CCCNC(=O)c3ccccc3O)CC2)CC1. The third kappa shape index (κ3) is 7.65. The van der Waals surface area contributed by atoms with Crippen LogP contribution in [0.3, 0.4) is 0 Å². The lowest BCUT2D eigenvalue weighted by molar-refractivity contribution is 0.0949. The molecule has 1 amide bonds. The third-order valence-corrected chi connectivity index (χ3v) is 8.73. The quantitative estimate of drug-likeness (QED) is 0.363. The van der Waals surface area contributed by atoms with Crippen molar-refractivity contribution in [3.8, 4) is 11.8 Å². The molecular formula is C31H41ClN4O2. The van der Waals surface area contributed by atoms with E-state index in [2.05, 4.69) is 40.2 Å². The number of piperazine rings is 1. The van der Waals surface area contributed by atoms with E-state index in [1.54, 1.807) is 18.2 Å². The number of aryl methyl sites for hydroxylation is 1. The number of anilines is 1. The number of halogens is 1. The van der Waals surface area contributed by atoms with Crippen LogP contribution in [0.5, 0.6) is 5.75 Å². The molecule has 204 valence electrons. The first-order chi connectivity index (χ1) is 18.4. The summed E-state index contributed by atoms with van der Waals surface area (Å²) < 4.78 is 0. The van der Waals surface area contributed by atoms with Crippen molar-refractivity contribution in [2.75, 3.05) is 44.2 Å². The number of hydrogen-bond acceptors (Lipinski definition) is 5. The highest BCUT2D eigenvalue weighted by molar-refractivity contribution is 6.30. The molecule has 1 saturated heterocycles. The summed E-state index contributed by atoms with van der Waals surface area (Å²) in [4.78, 5) is 17.3. The zero-order chi connectivity index (χ0) is 26.9. The molecule has 0 aromatic heterocycles. The molecule has 0 bridgehead atoms. The second-order valence-corrected chi connectivity index (χ2v) is 11.4. The van der Waals surface area contributed by atoms with E-state index in [9.17, 15) is 15.2 Å². The Balaban J connectivity index is 1.11. The average molecular weight is 537 g/mol. The summed E-state index contributed by atoms with van der Waals surface area (Å²) in [7, 11) is 0. The summed E-state index contributed by atoms with van der Waals surface area (Å²) in [6, 6.07) is 15.3. The minimum atomic E-state index is -0.266. The van der Waals surface area contributed by atoms with Gasteiger partial charge < -0.3 is 15.3 Å². The predicted octanol–water partition coefficient (Wildman–Crippen LogP) is 6.02. The highest BCUT2D eigenvalue weighted by Gasteiger charge is 2.28. The molecule has 0 radical (unpaired) electrons. The Hall–Kier alpha value is -2.75. The highest BCUT2D eigenvalue weighted by Crippen LogP contribution is 2.36. The highest BCUT2D eigenvalue weighted by atomic mass is 35.5. The number of nitriles is 1. The topological polar surface area (TPSA) is 79.6 Å². The zero-order valence-corrected chi connectivity index (χ0v) is 23.3. The maximum atomic E-state index is 12.3. The fourth-order valence-corrected chi connectivity index (χ4v) is 6.24. The van der Waals surface area contributed by atoms with Gasteiger partial charge in [0.05, 0.1) is 11.6 Å². The lowest BCUT2D eigenvalue weighted by Crippen LogP contribution is -2.47. The van der Waals surface area contributed by atoms with Gasteiger partial charge in [-0.1, -0.05) is 42.6 Å². The largest absolute Gasteiger partial charge is 0.507 e. The maximum absolute atomic E-state index is 12.3. The Labute approximate surface area is 232 Å². The standard InChI is InChI=1S/C31H41ClN4O2/c1-23-8-13-27(32)21-29(23)36-19-17-35(18-20-36)16-14-24-9-11-25(12-10-24)26(22-33)5-4-15-34-31(38)28-6-2-3-7-30(28)37/h2-3,6-8,13,21,24-26,37H,4-5,9-12,14-20H2,1H3,(H,34,38). The fourth-order valence-electron chi connectivity index (χ4n) is 6.07. The molecule has 2 N–H and O–H groups in total. The second kappa shape index (κ2) is 13.9. The minimum absolute atomic E-state index is 0.00782. The van der Waals surface area contributed by atoms with E-state index in [4.69, 9.17) is 11.6 Å². The second-order valence-electron chi connectivity index (χ2n) is 11.0. The molecule has 1 aliphatic carbocycles. The number of phenols is 1. The summed E-state index contributed by atoms with van der Waals surface area (Å²) in [5.74, 6) is 1.01. The van der Waals surface area contributed by atoms with Gasteiger partial charge in [0.15, 0.2) is 0 Å². The molecule has 2 aliphatic rings. The van der Waals surface area contributed by atoms with Crippen molar-refractivity contribution < 1.29 is 9.90 Å². The van der Waals surface area contributed by atoms with E-state index >= 15 is 0 Å². The number of rotatable bonds is 10. The molecule has 2 aromatic carbocycles. The van der Waals surface area contributed by atoms with Crippen LogP contribution in [0.25, 0.3) is 0 Å². The minimum Gasteiger partial charge on any atom is -0.507 e. The molecule has 2 fully saturated rings. The first kappa shape index (κ1) is 28.3. The lowest BCUT2D eigenvalue weighted by atomic mass is 9.74. The Morgan fingerprint density at radius 2 is 1.87 bits per heavy atom. The molecule has 1 saturated carbocycles. The smallest absolute Gasteiger partial charge is 0.255 e. The number of hydrogen-bond donors (Lipinski definition) is 2. The van der Waals surface area contributed by atoms with Gasteiger partial charge in [-0.15, -0.1) is 0 Å². The number of carbonyl (C=O) groups is 1. The molecule has 0 spiro atoms. The van der Waals surface area contributed by atoms with E-state index in [1.165, 1.54) is 36.6 Å². The average Bonchev–Trinajstić information content (AvgIpc) is 2.94. The Morgan fingerprint density at radius 1 is 1.13 bits per heavy atom. The molecule has 1 atom stereocenters. The monoisotopic (exact) mass is 536 g/mol. The summed E-state index contributed by atoms with van der Waals surface area (Å²) in [5, 5.41) is 23.3. The van der Waals surface area contributed by atoms with Gasteiger partial charge in [0.1, 0.15) is 5.75 Å². The summed E-state index contributed by atoms with van der Waals surface area (Å²) in [6.45, 7) is 8.12. The Bertz CT molecular complexity index is 1100. The van der Waals surface area contributed by atoms with Gasteiger partial charge in [-0.25, -0.2) is 0 Å². The van der Waals surface area contributed by atoms with Crippen LogP contribution in [0.15, 0.2) is 42.5 Å². The van der Waals surface area contributed by atoms with Crippen LogP contribution >= 0.6 is 11.6 Å². The van der Waals surface area contributed by atoms with Crippen LogP contribution in [0, 0.1) is 36.0 Å². The van der Waals surface area contributed by atoms with Crippen LogP contribution in [0.1, 0.15) is 60.9 Å². The molecule has 1 aliphatic heterocycles. The molecule has 6 nitrogen and oxygen atoms in total. The Morgan fingerprint density at radius 3 is 2.58 bits per heavy atom. The van der Waals surface area contributed by atoms with E-state index in [-0.39, 0.29) is 17.6 Å². The molecule has 2 aromatic rings. The third-order valence-electron chi connectivity index (χ3n) is 8.49. The molecule has 1 heterocycles. The van der Waals surface area contributed by atoms with Gasteiger partial charge in [-0.2, -0.15) is 5.26 Å². The van der Waals surface area contributed by atoms with Gasteiger partial charge >= 0.3 is 0 Å². The van der Waals surface area contributed by atoms with E-state index in [0.717, 1.165) is 69.3 Å². The van der Waals surface area contributed by atoms with Crippen molar-refractivity contribution in [3.05, 3.63) is 58.6 Å². The number of benzene rings is 2. The van der Waals surface area contributed by atoms with Gasteiger partial charge in [-0.05, 0) is 87.2 Å². The van der Waals surface area contributed by atoms with E-state index < -0.39 is 0 Å². The Kier molecular flexibility index (Phi) is 10.3. The fraction of sp³-hybridized carbons (Fsp3) is 0.548. The van der Waals surface area contributed by atoms with Gasteiger partial charge in [-0.3, -0.25) is 9.69 Å². The number of phenolic OH excluding ortho intramolecular Hbond substituents is 1. The van der Waals surface area contributed by atoms with Crippen molar-refractivity contribution in [3.63, 3.8) is 0 Å². The van der Waals surface area contributed by atoms with E-state index in [1.807, 2.05) is 6.07 Å². The summed E-state index contributed by atoms with van der Waals surface area (Å²) in [5.41, 5.74) is 2.84. The molecule has 1 unspecified atom stereocenters. The number of nitrogens with zero attached hydrogens (tertiary/aromatic N) is 3. The number of carbonyl (C=O) groups excluding carboxylic acids is 1. The summed E-state index contributed by atoms with van der Waals surface area (Å²) >= 11 is 6.23.